The van der Waals surface area contributed by atoms with E-state index in [1.807, 2.05) is 18.2 Å². The summed E-state index contributed by atoms with van der Waals surface area (Å²) in [6.07, 6.45) is 6.21. The minimum Gasteiger partial charge on any atom is -0.493 e. The van der Waals surface area contributed by atoms with Crippen LogP contribution in [0, 0.1) is 11.8 Å². The number of fused-ring (bicyclic) bond motifs is 1. The molecule has 4 nitrogen and oxygen atoms in total. The number of methoxy groups -OCH3 is 2. The minimum atomic E-state index is 0.102. The Kier molecular flexibility index (Phi) is 5.93. The van der Waals surface area contributed by atoms with Crippen LogP contribution in [-0.2, 0) is 0 Å². The summed E-state index contributed by atoms with van der Waals surface area (Å²) in [5.74, 6) is 4.52. The Hall–Kier alpha value is -1.63. The first-order valence-corrected chi connectivity index (χ1v) is 11.4. The average molecular weight is 453 g/mol. The topological polar surface area (TPSA) is 40.6 Å². The van der Waals surface area contributed by atoms with E-state index in [-0.39, 0.29) is 20.7 Å². The number of hydrogen-bond acceptors (Lipinski definition) is 4. The van der Waals surface area contributed by atoms with Gasteiger partial charge in [-0.05, 0) is 40.9 Å². The number of allylic oxidation sites excluding steroid dienone is 2. The summed E-state index contributed by atoms with van der Waals surface area (Å²) in [5.41, 5.74) is 0.833. The quantitative estimate of drug-likeness (QED) is 0.458. The van der Waals surface area contributed by atoms with Gasteiger partial charge in [0.25, 0.3) is 0 Å². The first kappa shape index (κ1) is 18.2. The molecule has 1 unspecified atom stereocenters. The van der Waals surface area contributed by atoms with Crippen LogP contribution in [0.2, 0.25) is 0 Å². The third-order valence-electron chi connectivity index (χ3n) is 4.71. The van der Waals surface area contributed by atoms with E-state index in [0.29, 0.717) is 17.4 Å². The lowest BCUT2D eigenvalue weighted by Crippen LogP contribution is -2.18. The summed E-state index contributed by atoms with van der Waals surface area (Å²) >= 11 is 0.102. The molecule has 1 aliphatic carbocycles. The van der Waals surface area contributed by atoms with Crippen molar-refractivity contribution in [2.75, 3.05) is 18.6 Å². The van der Waals surface area contributed by atoms with Crippen LogP contribution in [0.4, 0.5) is 0 Å². The van der Waals surface area contributed by atoms with Crippen molar-refractivity contribution in [1.29, 1.82) is 0 Å². The third-order valence-corrected chi connectivity index (χ3v) is 6.46. The van der Waals surface area contributed by atoms with Crippen molar-refractivity contribution >= 4 is 36.1 Å². The number of halogens is 1. The molecule has 0 saturated heterocycles. The second-order valence-electron chi connectivity index (χ2n) is 6.27. The van der Waals surface area contributed by atoms with Gasteiger partial charge in [0.05, 0.1) is 19.7 Å². The number of ether oxygens (including phenoxy) is 3. The van der Waals surface area contributed by atoms with Gasteiger partial charge >= 0.3 is 0 Å². The normalized spacial score (nSPS) is 20.2. The van der Waals surface area contributed by atoms with Gasteiger partial charge in [-0.15, -0.1) is 20.7 Å². The number of hydrogen-bond donors (Lipinski definition) is 0. The second kappa shape index (κ2) is 8.17. The molecule has 0 amide bonds. The van der Waals surface area contributed by atoms with Crippen LogP contribution in [0.3, 0.4) is 0 Å². The molecule has 1 aliphatic rings. The molecule has 2 aromatic rings. The Morgan fingerprint density at radius 1 is 1.20 bits per heavy atom. The van der Waals surface area contributed by atoms with E-state index in [1.54, 1.807) is 20.4 Å². The predicted molar refractivity (Wildman–Crippen MR) is 111 cm³/mol. The maximum atomic E-state index is 6.26. The monoisotopic (exact) mass is 453 g/mol. The number of pyridine rings is 1. The van der Waals surface area contributed by atoms with E-state index in [2.05, 4.69) is 22.5 Å². The lowest BCUT2D eigenvalue weighted by atomic mass is 9.86. The number of aromatic nitrogens is 1. The van der Waals surface area contributed by atoms with Gasteiger partial charge in [-0.2, -0.15) is 0 Å². The van der Waals surface area contributed by atoms with Gasteiger partial charge in [0.15, 0.2) is 11.5 Å². The van der Waals surface area contributed by atoms with E-state index in [0.717, 1.165) is 34.8 Å². The summed E-state index contributed by atoms with van der Waals surface area (Å²) in [6.45, 7) is 2.28. The molecule has 1 heterocycles. The minimum absolute atomic E-state index is 0.102. The average Bonchev–Trinajstić information content (AvgIpc) is 2.63. The fourth-order valence-corrected chi connectivity index (χ4v) is 5.27. The van der Waals surface area contributed by atoms with Crippen molar-refractivity contribution in [2.24, 2.45) is 11.8 Å². The number of rotatable bonds is 6. The van der Waals surface area contributed by atoms with Gasteiger partial charge in [-0.3, -0.25) is 4.98 Å². The molecule has 5 heteroatoms. The fourth-order valence-electron chi connectivity index (χ4n) is 3.22. The lowest BCUT2D eigenvalue weighted by molar-refractivity contribution is 0.327. The SMILES string of the molecule is C=ICC1CCC(Oc2ccnc3cc(OC)c(OC)cc23)=C[C@@H]1C. The zero-order chi connectivity index (χ0) is 17.8. The van der Waals surface area contributed by atoms with Crippen LogP contribution in [0.15, 0.2) is 36.2 Å². The van der Waals surface area contributed by atoms with Crippen molar-refractivity contribution in [3.05, 3.63) is 36.2 Å². The van der Waals surface area contributed by atoms with E-state index >= 15 is 0 Å². The Balaban J connectivity index is 1.91. The molecule has 0 fully saturated rings. The van der Waals surface area contributed by atoms with Gasteiger partial charge in [-0.1, -0.05) is 11.4 Å². The third kappa shape index (κ3) is 3.97. The van der Waals surface area contributed by atoms with Crippen LogP contribution in [0.5, 0.6) is 17.2 Å². The van der Waals surface area contributed by atoms with Crippen LogP contribution in [-0.4, -0.2) is 28.1 Å². The Labute approximate surface area is 158 Å². The molecule has 0 saturated carbocycles. The van der Waals surface area contributed by atoms with Crippen LogP contribution in [0.25, 0.3) is 10.9 Å². The first-order chi connectivity index (χ1) is 12.2. The maximum Gasteiger partial charge on any atom is 0.162 e. The number of nitrogens with zero attached hydrogens (tertiary/aromatic N) is 1. The molecular weight excluding hydrogens is 429 g/mol. The molecule has 0 spiro atoms. The van der Waals surface area contributed by atoms with E-state index in [9.17, 15) is 0 Å². The number of benzene rings is 1. The molecule has 1 aromatic carbocycles. The van der Waals surface area contributed by atoms with E-state index in [4.69, 9.17) is 14.2 Å². The van der Waals surface area contributed by atoms with E-state index in [1.165, 1.54) is 10.8 Å². The largest absolute Gasteiger partial charge is 0.493 e. The van der Waals surface area contributed by atoms with Crippen molar-refractivity contribution in [1.82, 2.24) is 4.98 Å². The highest BCUT2D eigenvalue weighted by Crippen LogP contribution is 2.37. The highest BCUT2D eigenvalue weighted by molar-refractivity contribution is 14.2. The highest BCUT2D eigenvalue weighted by atomic mass is 127. The Morgan fingerprint density at radius 3 is 2.64 bits per heavy atom. The van der Waals surface area contributed by atoms with Crippen LogP contribution >= 0.6 is 20.7 Å². The smallest absolute Gasteiger partial charge is 0.162 e. The molecule has 0 bridgehead atoms. The van der Waals surface area contributed by atoms with E-state index < -0.39 is 0 Å². The van der Waals surface area contributed by atoms with Crippen molar-refractivity contribution in [3.63, 3.8) is 0 Å². The van der Waals surface area contributed by atoms with Crippen molar-refractivity contribution < 1.29 is 14.2 Å². The maximum absolute atomic E-state index is 6.26. The summed E-state index contributed by atoms with van der Waals surface area (Å²) < 4.78 is 22.4. The zero-order valence-electron chi connectivity index (χ0n) is 14.9. The molecule has 1 aromatic heterocycles. The van der Waals surface area contributed by atoms with Gasteiger partial charge in [0.2, 0.25) is 0 Å². The number of alkyl halides is 1. The Morgan fingerprint density at radius 2 is 1.96 bits per heavy atom. The summed E-state index contributed by atoms with van der Waals surface area (Å²) in [6, 6.07) is 5.72. The van der Waals surface area contributed by atoms with Gasteiger partial charge in [0.1, 0.15) is 11.5 Å². The molecule has 0 N–H and O–H groups in total. The summed E-state index contributed by atoms with van der Waals surface area (Å²) in [4.78, 5) is 4.43. The standard InChI is InChI=1S/C20H24INO3/c1-13-9-15(6-5-14(13)12-21-2)25-18-7-8-22-17-11-20(24-4)19(23-3)10-16(17)18/h7-11,13-14H,2,5-6,12H2,1,3-4H3/t13-,14?/m0/s1. The van der Waals surface area contributed by atoms with Crippen LogP contribution < -0.4 is 14.2 Å². The molecule has 0 aliphatic heterocycles. The molecule has 2 atom stereocenters. The second-order valence-corrected chi connectivity index (χ2v) is 8.23. The molecular formula is C20H24INO3. The molecule has 25 heavy (non-hydrogen) atoms. The summed E-state index contributed by atoms with van der Waals surface area (Å²) in [5, 5.41) is 0.930. The zero-order valence-corrected chi connectivity index (χ0v) is 17.1. The molecule has 0 radical (unpaired) electrons. The van der Waals surface area contributed by atoms with Gasteiger partial charge in [-0.25, -0.2) is 0 Å². The van der Waals surface area contributed by atoms with Crippen LogP contribution in [0.1, 0.15) is 19.8 Å². The Bertz CT molecular complexity index is 803. The van der Waals surface area contributed by atoms with Gasteiger partial charge in [0, 0.05) is 24.1 Å². The predicted octanol–water partition coefficient (Wildman–Crippen LogP) is 4.96. The lowest BCUT2D eigenvalue weighted by Gasteiger charge is -2.26. The highest BCUT2D eigenvalue weighted by Gasteiger charge is 2.22. The van der Waals surface area contributed by atoms with Gasteiger partial charge < -0.3 is 14.2 Å². The summed E-state index contributed by atoms with van der Waals surface area (Å²) in [7, 11) is 3.26. The first-order valence-electron chi connectivity index (χ1n) is 8.38. The molecule has 134 valence electrons. The van der Waals surface area contributed by atoms with Crippen molar-refractivity contribution in [2.45, 2.75) is 19.8 Å². The fraction of sp³-hybridized carbons (Fsp3) is 0.400. The molecule has 3 rings (SSSR count). The van der Waals surface area contributed by atoms with Crippen molar-refractivity contribution in [3.8, 4) is 17.2 Å².